The van der Waals surface area contributed by atoms with E-state index in [-0.39, 0.29) is 17.5 Å². The van der Waals surface area contributed by atoms with E-state index in [2.05, 4.69) is 165 Å². The molecule has 0 saturated heterocycles. The molecule has 0 N–H and O–H groups in total. The molecule has 3 heteroatoms. The molecule has 0 amide bonds. The standard InChI is InChI=1S/C44H33BN2/c1-43(2)30-16-9-18-34-41(30)46(38-24-28-14-7-5-12-26(28)22-32(38)43)36-20-11-21-37-40(36)45(34)35-19-10-17-31-42(35)47(37)39-25-29-15-8-6-13-27(29)23-33(39)44(31,3)4/h5-25H,1-4H3. The average Bonchev–Trinajstić information content (AvgIpc) is 3.09. The third-order valence-electron chi connectivity index (χ3n) is 11.9. The average molecular weight is 601 g/mol. The summed E-state index contributed by atoms with van der Waals surface area (Å²) in [5.74, 6) is 0. The highest BCUT2D eigenvalue weighted by atomic mass is 15.2. The van der Waals surface area contributed by atoms with E-state index in [9.17, 15) is 0 Å². The minimum Gasteiger partial charge on any atom is -0.311 e. The van der Waals surface area contributed by atoms with Crippen molar-refractivity contribution in [1.82, 2.24) is 0 Å². The molecule has 0 aliphatic carbocycles. The lowest BCUT2D eigenvalue weighted by molar-refractivity contribution is 0.633. The first-order chi connectivity index (χ1) is 22.8. The first-order valence-corrected chi connectivity index (χ1v) is 16.9. The van der Waals surface area contributed by atoms with Gasteiger partial charge in [-0.25, -0.2) is 0 Å². The minimum absolute atomic E-state index is 0.144. The summed E-state index contributed by atoms with van der Waals surface area (Å²) in [7, 11) is 0. The second kappa shape index (κ2) is 8.35. The molecule has 4 aliphatic heterocycles. The van der Waals surface area contributed by atoms with Crippen LogP contribution in [0.5, 0.6) is 0 Å². The van der Waals surface area contributed by atoms with Crippen molar-refractivity contribution >= 4 is 78.8 Å². The third kappa shape index (κ3) is 3.00. The Morgan fingerprint density at radius 3 is 1.26 bits per heavy atom. The second-order valence-electron chi connectivity index (χ2n) is 15.0. The molecule has 0 aromatic heterocycles. The molecule has 4 heterocycles. The SMILES string of the molecule is CC1(C)c2cc3ccccc3cc2N2c3cccc4c3B(c3cccc1c32)c1cccc2c1N4c1cc3ccccc3cc1C2(C)C. The molecule has 2 nitrogen and oxygen atoms in total. The molecule has 0 saturated carbocycles. The molecule has 4 aliphatic rings. The molecule has 0 bridgehead atoms. The fourth-order valence-corrected chi connectivity index (χ4v) is 9.66. The number of rotatable bonds is 0. The first-order valence-electron chi connectivity index (χ1n) is 16.9. The quantitative estimate of drug-likeness (QED) is 0.160. The van der Waals surface area contributed by atoms with Crippen LogP contribution in [0.15, 0.2) is 127 Å². The Balaban J connectivity index is 1.27. The van der Waals surface area contributed by atoms with Gasteiger partial charge in [0.2, 0.25) is 0 Å². The van der Waals surface area contributed by atoms with Crippen molar-refractivity contribution in [2.45, 2.75) is 38.5 Å². The van der Waals surface area contributed by atoms with Gasteiger partial charge < -0.3 is 9.80 Å². The van der Waals surface area contributed by atoms with E-state index in [0.29, 0.717) is 0 Å². The van der Waals surface area contributed by atoms with Crippen molar-refractivity contribution in [3.8, 4) is 0 Å². The maximum atomic E-state index is 2.61. The summed E-state index contributed by atoms with van der Waals surface area (Å²) in [6.45, 7) is 9.80. The van der Waals surface area contributed by atoms with Crippen LogP contribution < -0.4 is 26.2 Å². The molecular weight excluding hydrogens is 567 g/mol. The molecule has 0 unspecified atom stereocenters. The maximum absolute atomic E-state index is 2.61. The summed E-state index contributed by atoms with van der Waals surface area (Å²) >= 11 is 0. The van der Waals surface area contributed by atoms with E-state index >= 15 is 0 Å². The first kappa shape index (κ1) is 25.9. The van der Waals surface area contributed by atoms with Crippen molar-refractivity contribution in [3.05, 3.63) is 150 Å². The summed E-state index contributed by atoms with van der Waals surface area (Å²) in [6, 6.07) is 48.6. The summed E-state index contributed by atoms with van der Waals surface area (Å²) < 4.78 is 0. The van der Waals surface area contributed by atoms with E-state index in [1.807, 2.05) is 0 Å². The fourth-order valence-electron chi connectivity index (χ4n) is 9.66. The second-order valence-corrected chi connectivity index (χ2v) is 15.0. The molecule has 0 atom stereocenters. The van der Waals surface area contributed by atoms with E-state index in [1.54, 1.807) is 0 Å². The zero-order valence-electron chi connectivity index (χ0n) is 27.1. The van der Waals surface area contributed by atoms with Gasteiger partial charge in [0.15, 0.2) is 0 Å². The van der Waals surface area contributed by atoms with E-state index in [0.717, 1.165) is 0 Å². The van der Waals surface area contributed by atoms with Crippen LogP contribution in [-0.2, 0) is 10.8 Å². The lowest BCUT2D eigenvalue weighted by atomic mass is 9.32. The maximum Gasteiger partial charge on any atom is 0.252 e. The van der Waals surface area contributed by atoms with Gasteiger partial charge in [0.25, 0.3) is 6.71 Å². The van der Waals surface area contributed by atoms with Crippen molar-refractivity contribution in [1.29, 1.82) is 0 Å². The number of benzene rings is 7. The van der Waals surface area contributed by atoms with Gasteiger partial charge >= 0.3 is 0 Å². The summed E-state index contributed by atoms with van der Waals surface area (Å²) in [5.41, 5.74) is 17.4. The smallest absolute Gasteiger partial charge is 0.252 e. The highest BCUT2D eigenvalue weighted by Gasteiger charge is 2.50. The molecule has 0 radical (unpaired) electrons. The molecule has 7 aromatic carbocycles. The van der Waals surface area contributed by atoms with E-state index in [4.69, 9.17) is 0 Å². The summed E-state index contributed by atoms with van der Waals surface area (Å²) in [5, 5.41) is 5.16. The lowest BCUT2D eigenvalue weighted by Crippen LogP contribution is -2.63. The van der Waals surface area contributed by atoms with Crippen LogP contribution in [0.1, 0.15) is 49.9 Å². The third-order valence-corrected chi connectivity index (χ3v) is 11.9. The van der Waals surface area contributed by atoms with Gasteiger partial charge in [-0.1, -0.05) is 119 Å². The molecule has 7 aromatic rings. The Bertz CT molecular complexity index is 2390. The Kier molecular flexibility index (Phi) is 4.60. The van der Waals surface area contributed by atoms with Crippen molar-refractivity contribution in [2.75, 3.05) is 9.80 Å². The largest absolute Gasteiger partial charge is 0.311 e. The predicted molar refractivity (Wildman–Crippen MR) is 200 cm³/mol. The molecule has 0 fully saturated rings. The zero-order valence-corrected chi connectivity index (χ0v) is 27.1. The minimum atomic E-state index is -0.144. The van der Waals surface area contributed by atoms with Gasteiger partial charge in [0.1, 0.15) is 0 Å². The van der Waals surface area contributed by atoms with Crippen LogP contribution in [0, 0.1) is 0 Å². The van der Waals surface area contributed by atoms with Gasteiger partial charge in [0.05, 0.1) is 11.4 Å². The Morgan fingerprint density at radius 2 is 0.809 bits per heavy atom. The van der Waals surface area contributed by atoms with Crippen LogP contribution in [0.2, 0.25) is 0 Å². The lowest BCUT2D eigenvalue weighted by Gasteiger charge is -2.51. The number of nitrogens with zero attached hydrogens (tertiary/aromatic N) is 2. The normalized spacial score (nSPS) is 16.7. The highest BCUT2D eigenvalue weighted by Crippen LogP contribution is 2.57. The summed E-state index contributed by atoms with van der Waals surface area (Å²) in [6.07, 6.45) is 0. The zero-order chi connectivity index (χ0) is 31.4. The number of hydrogen-bond donors (Lipinski definition) is 0. The van der Waals surface area contributed by atoms with Crippen LogP contribution in [0.3, 0.4) is 0 Å². The van der Waals surface area contributed by atoms with E-state index in [1.165, 1.54) is 94.3 Å². The monoisotopic (exact) mass is 600 g/mol. The van der Waals surface area contributed by atoms with Gasteiger partial charge in [0, 0.05) is 33.6 Å². The van der Waals surface area contributed by atoms with Gasteiger partial charge in [-0.05, 0) is 96.6 Å². The Labute approximate surface area is 276 Å². The topological polar surface area (TPSA) is 6.48 Å². The van der Waals surface area contributed by atoms with Crippen LogP contribution in [0.4, 0.5) is 34.1 Å². The number of para-hydroxylation sites is 2. The molecule has 222 valence electrons. The van der Waals surface area contributed by atoms with Crippen molar-refractivity contribution < 1.29 is 0 Å². The van der Waals surface area contributed by atoms with Crippen molar-refractivity contribution in [2.24, 2.45) is 0 Å². The van der Waals surface area contributed by atoms with E-state index < -0.39 is 0 Å². The number of anilines is 6. The van der Waals surface area contributed by atoms with Crippen LogP contribution in [-0.4, -0.2) is 6.71 Å². The molecule has 47 heavy (non-hydrogen) atoms. The Hall–Kier alpha value is -5.28. The van der Waals surface area contributed by atoms with Gasteiger partial charge in [-0.15, -0.1) is 0 Å². The molecule has 11 rings (SSSR count). The van der Waals surface area contributed by atoms with Gasteiger partial charge in [-0.2, -0.15) is 0 Å². The van der Waals surface area contributed by atoms with Gasteiger partial charge in [-0.3, -0.25) is 0 Å². The number of hydrogen-bond acceptors (Lipinski definition) is 2. The van der Waals surface area contributed by atoms with Crippen LogP contribution >= 0.6 is 0 Å². The Morgan fingerprint density at radius 1 is 0.404 bits per heavy atom. The van der Waals surface area contributed by atoms with Crippen LogP contribution in [0.25, 0.3) is 21.5 Å². The summed E-state index contributed by atoms with van der Waals surface area (Å²) in [4.78, 5) is 5.22. The molecule has 0 spiro atoms. The fraction of sp³-hybridized carbons (Fsp3) is 0.136. The highest BCUT2D eigenvalue weighted by molar-refractivity contribution is 7.00. The molecular formula is C44H33BN2. The predicted octanol–water partition coefficient (Wildman–Crippen LogP) is 9.35. The van der Waals surface area contributed by atoms with Crippen molar-refractivity contribution in [3.63, 3.8) is 0 Å². The number of fused-ring (bicyclic) bond motifs is 10.